The number of alkyl halides is 3. The van der Waals surface area contributed by atoms with Gasteiger partial charge in [0, 0.05) is 0 Å². The highest BCUT2D eigenvalue weighted by Crippen LogP contribution is 2.50. The highest BCUT2D eigenvalue weighted by molar-refractivity contribution is 5.78. The molecular weight excluding hydrogens is 252 g/mol. The molecule has 0 aliphatic heterocycles. The van der Waals surface area contributed by atoms with E-state index in [1.807, 2.05) is 0 Å². The Balaban J connectivity index is 2.38. The van der Waals surface area contributed by atoms with Crippen LogP contribution in [-0.4, -0.2) is 11.1 Å². The molecule has 0 radical (unpaired) electrons. The first-order valence-electron chi connectivity index (χ1n) is 5.34. The number of carboxylic acid groups (broad SMARTS) is 1. The maximum atomic E-state index is 13.0. The van der Waals surface area contributed by atoms with E-state index in [1.165, 1.54) is 0 Å². The number of aliphatic carboxylic acids is 1. The summed E-state index contributed by atoms with van der Waals surface area (Å²) in [5, 5.41) is 8.95. The van der Waals surface area contributed by atoms with E-state index in [0.29, 0.717) is 18.9 Å². The zero-order chi connectivity index (χ0) is 13.6. The van der Waals surface area contributed by atoms with E-state index >= 15 is 0 Å². The molecule has 1 aromatic rings. The van der Waals surface area contributed by atoms with Crippen LogP contribution in [0, 0.1) is 11.2 Å². The van der Waals surface area contributed by atoms with E-state index in [4.69, 9.17) is 5.11 Å². The van der Waals surface area contributed by atoms with Crippen LogP contribution in [0.2, 0.25) is 0 Å². The molecule has 0 aromatic heterocycles. The van der Waals surface area contributed by atoms with Crippen molar-refractivity contribution in [1.29, 1.82) is 0 Å². The number of rotatable bonds is 3. The Hall–Kier alpha value is -1.59. The van der Waals surface area contributed by atoms with E-state index in [0.717, 1.165) is 12.1 Å². The summed E-state index contributed by atoms with van der Waals surface area (Å²) in [7, 11) is 0. The van der Waals surface area contributed by atoms with Gasteiger partial charge in [-0.15, -0.1) is 0 Å². The van der Waals surface area contributed by atoms with Crippen molar-refractivity contribution in [2.24, 2.45) is 5.41 Å². The maximum absolute atomic E-state index is 13.0. The molecule has 0 amide bonds. The largest absolute Gasteiger partial charge is 0.481 e. The maximum Gasteiger partial charge on any atom is 0.416 e. The zero-order valence-electron chi connectivity index (χ0n) is 9.22. The van der Waals surface area contributed by atoms with Crippen molar-refractivity contribution in [3.8, 4) is 0 Å². The van der Waals surface area contributed by atoms with Crippen molar-refractivity contribution in [3.05, 3.63) is 35.1 Å². The van der Waals surface area contributed by atoms with Crippen molar-refractivity contribution < 1.29 is 27.5 Å². The fourth-order valence-corrected chi connectivity index (χ4v) is 1.97. The molecule has 98 valence electrons. The Morgan fingerprint density at radius 2 is 1.94 bits per heavy atom. The molecule has 2 rings (SSSR count). The van der Waals surface area contributed by atoms with Gasteiger partial charge < -0.3 is 5.11 Å². The van der Waals surface area contributed by atoms with Crippen LogP contribution in [0.3, 0.4) is 0 Å². The second kappa shape index (κ2) is 3.96. The lowest BCUT2D eigenvalue weighted by atomic mass is 9.93. The lowest BCUT2D eigenvalue weighted by Crippen LogP contribution is -2.20. The first-order valence-corrected chi connectivity index (χ1v) is 5.34. The molecule has 0 bridgehead atoms. The summed E-state index contributed by atoms with van der Waals surface area (Å²) in [6.07, 6.45) is -4.22. The highest BCUT2D eigenvalue weighted by Gasteiger charge is 2.51. The molecule has 0 spiro atoms. The summed E-state index contributed by atoms with van der Waals surface area (Å²) in [4.78, 5) is 11.0. The van der Waals surface area contributed by atoms with Crippen molar-refractivity contribution in [2.75, 3.05) is 0 Å². The highest BCUT2D eigenvalue weighted by atomic mass is 19.4. The summed E-state index contributed by atoms with van der Waals surface area (Å²) in [5.74, 6) is -1.92. The first-order chi connectivity index (χ1) is 8.24. The van der Waals surface area contributed by atoms with Crippen LogP contribution in [0.15, 0.2) is 18.2 Å². The molecule has 1 aromatic carbocycles. The Morgan fingerprint density at radius 1 is 1.33 bits per heavy atom. The second-order valence-electron chi connectivity index (χ2n) is 4.56. The molecule has 6 heteroatoms. The van der Waals surface area contributed by atoms with Crippen LogP contribution < -0.4 is 0 Å². The average molecular weight is 262 g/mol. The zero-order valence-corrected chi connectivity index (χ0v) is 9.22. The molecule has 0 atom stereocenters. The lowest BCUT2D eigenvalue weighted by molar-refractivity contribution is -0.144. The van der Waals surface area contributed by atoms with Crippen LogP contribution in [0.1, 0.15) is 24.0 Å². The Kier molecular flexibility index (Phi) is 2.83. The number of hydrogen-bond acceptors (Lipinski definition) is 1. The van der Waals surface area contributed by atoms with Crippen LogP contribution in [-0.2, 0) is 17.4 Å². The lowest BCUT2D eigenvalue weighted by Gasteiger charge is -2.16. The second-order valence-corrected chi connectivity index (χ2v) is 4.56. The van der Waals surface area contributed by atoms with Gasteiger partial charge in [0.05, 0.1) is 11.0 Å². The summed E-state index contributed by atoms with van der Waals surface area (Å²) in [5.41, 5.74) is -2.40. The molecule has 0 heterocycles. The van der Waals surface area contributed by atoms with Crippen molar-refractivity contribution >= 4 is 5.97 Å². The molecular formula is C12H10F4O2. The van der Waals surface area contributed by atoms with Gasteiger partial charge in [-0.05, 0) is 43.0 Å². The van der Waals surface area contributed by atoms with Crippen LogP contribution in [0.4, 0.5) is 17.6 Å². The minimum Gasteiger partial charge on any atom is -0.481 e. The van der Waals surface area contributed by atoms with E-state index in [2.05, 4.69) is 0 Å². The predicted molar refractivity (Wildman–Crippen MR) is 54.4 cm³/mol. The Labute approximate surface area is 100 Å². The number of carbonyl (C=O) groups is 1. The van der Waals surface area contributed by atoms with Gasteiger partial charge in [0.25, 0.3) is 0 Å². The van der Waals surface area contributed by atoms with E-state index in [9.17, 15) is 22.4 Å². The number of hydrogen-bond donors (Lipinski definition) is 1. The topological polar surface area (TPSA) is 37.3 Å². The van der Waals surface area contributed by atoms with Crippen molar-refractivity contribution in [2.45, 2.75) is 25.4 Å². The predicted octanol–water partition coefficient (Wildman–Crippen LogP) is 3.25. The van der Waals surface area contributed by atoms with Crippen molar-refractivity contribution in [1.82, 2.24) is 0 Å². The monoisotopic (exact) mass is 262 g/mol. The summed E-state index contributed by atoms with van der Waals surface area (Å²) in [6.45, 7) is 0. The molecule has 1 aliphatic carbocycles. The van der Waals surface area contributed by atoms with Crippen molar-refractivity contribution in [3.63, 3.8) is 0 Å². The summed E-state index contributed by atoms with van der Waals surface area (Å²) >= 11 is 0. The summed E-state index contributed by atoms with van der Waals surface area (Å²) in [6, 6.07) is 2.15. The molecule has 1 N–H and O–H groups in total. The van der Waals surface area contributed by atoms with Gasteiger partial charge in [0.15, 0.2) is 0 Å². The molecule has 18 heavy (non-hydrogen) atoms. The quantitative estimate of drug-likeness (QED) is 0.849. The summed E-state index contributed by atoms with van der Waals surface area (Å²) < 4.78 is 51.1. The Bertz CT molecular complexity index is 489. The van der Waals surface area contributed by atoms with Crippen LogP contribution in [0.5, 0.6) is 0 Å². The van der Waals surface area contributed by atoms with E-state index in [-0.39, 0.29) is 12.0 Å². The van der Waals surface area contributed by atoms with E-state index < -0.39 is 28.9 Å². The third-order valence-electron chi connectivity index (χ3n) is 3.21. The van der Waals surface area contributed by atoms with Gasteiger partial charge >= 0.3 is 12.1 Å². The minimum absolute atomic E-state index is 0.283. The third kappa shape index (κ3) is 2.32. The first kappa shape index (κ1) is 12.9. The van der Waals surface area contributed by atoms with Gasteiger partial charge in [-0.25, -0.2) is 4.39 Å². The normalized spacial score (nSPS) is 17.6. The fourth-order valence-electron chi connectivity index (χ4n) is 1.97. The Morgan fingerprint density at radius 3 is 2.39 bits per heavy atom. The van der Waals surface area contributed by atoms with Gasteiger partial charge in [0.1, 0.15) is 5.82 Å². The van der Waals surface area contributed by atoms with Crippen LogP contribution >= 0.6 is 0 Å². The smallest absolute Gasteiger partial charge is 0.416 e. The molecule has 1 fully saturated rings. The molecule has 1 aliphatic rings. The van der Waals surface area contributed by atoms with Gasteiger partial charge in [-0.3, -0.25) is 4.79 Å². The standard InChI is InChI=1S/C12H10F4O2/c13-8-1-2-9(12(14,15)16)7(5-8)6-11(3-4-11)10(17)18/h1-2,5H,3-4,6H2,(H,17,18). The third-order valence-corrected chi connectivity index (χ3v) is 3.21. The average Bonchev–Trinajstić information content (AvgIpc) is 2.96. The van der Waals surface area contributed by atoms with Gasteiger partial charge in [-0.2, -0.15) is 13.2 Å². The fraction of sp³-hybridized carbons (Fsp3) is 0.417. The van der Waals surface area contributed by atoms with E-state index in [1.54, 1.807) is 0 Å². The molecule has 0 saturated heterocycles. The molecule has 1 saturated carbocycles. The SMILES string of the molecule is O=C(O)C1(Cc2cc(F)ccc2C(F)(F)F)CC1. The number of halogens is 4. The van der Waals surface area contributed by atoms with Gasteiger partial charge in [-0.1, -0.05) is 0 Å². The number of carboxylic acids is 1. The van der Waals surface area contributed by atoms with Crippen LogP contribution in [0.25, 0.3) is 0 Å². The number of benzene rings is 1. The van der Waals surface area contributed by atoms with Gasteiger partial charge in [0.2, 0.25) is 0 Å². The molecule has 0 unspecified atom stereocenters. The minimum atomic E-state index is -4.60. The molecule has 2 nitrogen and oxygen atoms in total.